The predicted molar refractivity (Wildman–Crippen MR) is 122 cm³/mol. The van der Waals surface area contributed by atoms with Gasteiger partial charge in [0, 0.05) is 27.6 Å². The van der Waals surface area contributed by atoms with E-state index in [1.165, 1.54) is 10.4 Å². The van der Waals surface area contributed by atoms with Gasteiger partial charge in [-0.3, -0.25) is 9.48 Å². The Morgan fingerprint density at radius 3 is 2.57 bits per heavy atom. The Bertz CT molecular complexity index is 1150. The lowest BCUT2D eigenvalue weighted by molar-refractivity contribution is 0.0955. The molecule has 0 fully saturated rings. The van der Waals surface area contributed by atoms with Crippen molar-refractivity contribution in [3.8, 4) is 11.3 Å². The minimum absolute atomic E-state index is 0.208. The van der Waals surface area contributed by atoms with E-state index in [9.17, 15) is 4.79 Å². The molecule has 0 atom stereocenters. The van der Waals surface area contributed by atoms with Crippen molar-refractivity contribution in [1.29, 1.82) is 0 Å². The standard InChI is InChI=1S/C24H22N4OS/c1-2-22-13-20(17-30-22)24(29)26-25-14-21-16-28(15-18-9-5-3-6-10-18)27-23(21)19-11-7-4-8-12-19/h3-14,16-17H,2,15H2,1H3,(H,26,29). The van der Waals surface area contributed by atoms with Crippen LogP contribution in [0.4, 0.5) is 0 Å². The van der Waals surface area contributed by atoms with Crippen LogP contribution in [0.15, 0.2) is 83.4 Å². The second-order valence-corrected chi connectivity index (χ2v) is 7.83. The minimum atomic E-state index is -0.208. The van der Waals surface area contributed by atoms with Crippen LogP contribution in [0.25, 0.3) is 11.3 Å². The molecule has 6 heteroatoms. The first-order valence-electron chi connectivity index (χ1n) is 9.80. The lowest BCUT2D eigenvalue weighted by atomic mass is 10.1. The Morgan fingerprint density at radius 1 is 1.13 bits per heavy atom. The van der Waals surface area contributed by atoms with E-state index in [-0.39, 0.29) is 5.91 Å². The van der Waals surface area contributed by atoms with E-state index >= 15 is 0 Å². The van der Waals surface area contributed by atoms with Crippen LogP contribution < -0.4 is 5.43 Å². The van der Waals surface area contributed by atoms with Crippen molar-refractivity contribution in [2.24, 2.45) is 5.10 Å². The summed E-state index contributed by atoms with van der Waals surface area (Å²) in [6.45, 7) is 2.74. The predicted octanol–water partition coefficient (Wildman–Crippen LogP) is 4.99. The normalized spacial score (nSPS) is 11.1. The molecule has 0 saturated carbocycles. The van der Waals surface area contributed by atoms with Gasteiger partial charge in [0.15, 0.2) is 0 Å². The van der Waals surface area contributed by atoms with Crippen LogP contribution in [0, 0.1) is 0 Å². The average Bonchev–Trinajstić information content (AvgIpc) is 3.42. The Balaban J connectivity index is 1.56. The number of nitrogens with zero attached hydrogens (tertiary/aromatic N) is 3. The number of nitrogens with one attached hydrogen (secondary N) is 1. The first kappa shape index (κ1) is 19.8. The van der Waals surface area contributed by atoms with Crippen LogP contribution in [-0.4, -0.2) is 21.9 Å². The first-order chi connectivity index (χ1) is 14.7. The maximum absolute atomic E-state index is 12.3. The third-order valence-corrected chi connectivity index (χ3v) is 5.74. The summed E-state index contributed by atoms with van der Waals surface area (Å²) in [4.78, 5) is 13.5. The number of carbonyl (C=O) groups excluding carboxylic acids is 1. The summed E-state index contributed by atoms with van der Waals surface area (Å²) in [5.74, 6) is -0.208. The van der Waals surface area contributed by atoms with Crippen molar-refractivity contribution < 1.29 is 4.79 Å². The lowest BCUT2D eigenvalue weighted by Gasteiger charge is -2.01. The third kappa shape index (κ3) is 4.72. The summed E-state index contributed by atoms with van der Waals surface area (Å²) in [5.41, 5.74) is 7.10. The smallest absolute Gasteiger partial charge is 0.267 e. The lowest BCUT2D eigenvalue weighted by Crippen LogP contribution is -2.16. The third-order valence-electron chi connectivity index (χ3n) is 4.66. The van der Waals surface area contributed by atoms with E-state index in [1.807, 2.05) is 70.9 Å². The molecule has 0 unspecified atom stereocenters. The van der Waals surface area contributed by atoms with Gasteiger partial charge in [0.2, 0.25) is 0 Å². The fourth-order valence-electron chi connectivity index (χ4n) is 3.11. The molecule has 5 nitrogen and oxygen atoms in total. The second-order valence-electron chi connectivity index (χ2n) is 6.84. The first-order valence-corrected chi connectivity index (χ1v) is 10.7. The highest BCUT2D eigenvalue weighted by Crippen LogP contribution is 2.21. The van der Waals surface area contributed by atoms with Crippen molar-refractivity contribution in [2.45, 2.75) is 19.9 Å². The SMILES string of the molecule is CCc1cc(C(=O)NN=Cc2cn(Cc3ccccc3)nc2-c2ccccc2)cs1. The van der Waals surface area contributed by atoms with Crippen molar-refractivity contribution in [1.82, 2.24) is 15.2 Å². The topological polar surface area (TPSA) is 59.3 Å². The van der Waals surface area contributed by atoms with Crippen LogP contribution in [0.3, 0.4) is 0 Å². The number of benzene rings is 2. The molecule has 150 valence electrons. The van der Waals surface area contributed by atoms with E-state index in [2.05, 4.69) is 29.6 Å². The van der Waals surface area contributed by atoms with E-state index < -0.39 is 0 Å². The molecule has 4 aromatic rings. The molecular weight excluding hydrogens is 392 g/mol. The number of hydrogen-bond acceptors (Lipinski definition) is 4. The summed E-state index contributed by atoms with van der Waals surface area (Å²) in [7, 11) is 0. The number of thiophene rings is 1. The van der Waals surface area contributed by atoms with Gasteiger partial charge in [-0.25, -0.2) is 5.43 Å². The summed E-state index contributed by atoms with van der Waals surface area (Å²) in [6, 6.07) is 22.1. The zero-order chi connectivity index (χ0) is 20.8. The van der Waals surface area contributed by atoms with Crippen LogP contribution >= 0.6 is 11.3 Å². The molecule has 0 radical (unpaired) electrons. The molecular formula is C24H22N4OS. The van der Waals surface area contributed by atoms with Crippen LogP contribution in [0.2, 0.25) is 0 Å². The average molecular weight is 415 g/mol. The van der Waals surface area contributed by atoms with Crippen LogP contribution in [-0.2, 0) is 13.0 Å². The van der Waals surface area contributed by atoms with Crippen molar-refractivity contribution >= 4 is 23.5 Å². The van der Waals surface area contributed by atoms with E-state index in [4.69, 9.17) is 5.10 Å². The number of aromatic nitrogens is 2. The Kier molecular flexibility index (Phi) is 6.15. The van der Waals surface area contributed by atoms with Gasteiger partial charge in [-0.2, -0.15) is 10.2 Å². The number of carbonyl (C=O) groups is 1. The minimum Gasteiger partial charge on any atom is -0.267 e. The van der Waals surface area contributed by atoms with Gasteiger partial charge < -0.3 is 0 Å². The molecule has 0 bridgehead atoms. The molecule has 0 spiro atoms. The molecule has 0 aliphatic carbocycles. The quantitative estimate of drug-likeness (QED) is 0.342. The second kappa shape index (κ2) is 9.33. The molecule has 4 rings (SSSR count). The highest BCUT2D eigenvalue weighted by molar-refractivity contribution is 7.10. The van der Waals surface area contributed by atoms with Gasteiger partial charge in [-0.1, -0.05) is 67.6 Å². The van der Waals surface area contributed by atoms with Gasteiger partial charge in [0.25, 0.3) is 5.91 Å². The summed E-state index contributed by atoms with van der Waals surface area (Å²) in [5, 5.41) is 10.8. The summed E-state index contributed by atoms with van der Waals surface area (Å²) in [6.07, 6.45) is 4.52. The fourth-order valence-corrected chi connectivity index (χ4v) is 3.93. The number of amides is 1. The van der Waals surface area contributed by atoms with E-state index in [0.717, 1.165) is 23.2 Å². The molecule has 1 N–H and O–H groups in total. The summed E-state index contributed by atoms with van der Waals surface area (Å²) >= 11 is 1.59. The highest BCUT2D eigenvalue weighted by Gasteiger charge is 2.11. The molecule has 0 aliphatic rings. The van der Waals surface area contributed by atoms with Gasteiger partial charge in [-0.05, 0) is 18.1 Å². The zero-order valence-electron chi connectivity index (χ0n) is 16.7. The van der Waals surface area contributed by atoms with Crippen LogP contribution in [0.5, 0.6) is 0 Å². The van der Waals surface area contributed by atoms with Gasteiger partial charge in [-0.15, -0.1) is 11.3 Å². The molecule has 2 aromatic carbocycles. The molecule has 0 saturated heterocycles. The van der Waals surface area contributed by atoms with Crippen molar-refractivity contribution in [3.05, 3.63) is 99.9 Å². The van der Waals surface area contributed by atoms with Crippen molar-refractivity contribution in [3.63, 3.8) is 0 Å². The van der Waals surface area contributed by atoms with Crippen molar-refractivity contribution in [2.75, 3.05) is 0 Å². The monoisotopic (exact) mass is 414 g/mol. The summed E-state index contributed by atoms with van der Waals surface area (Å²) < 4.78 is 1.90. The molecule has 2 heterocycles. The molecule has 1 amide bonds. The molecule has 2 aromatic heterocycles. The highest BCUT2D eigenvalue weighted by atomic mass is 32.1. The van der Waals surface area contributed by atoms with E-state index in [0.29, 0.717) is 12.1 Å². The fraction of sp³-hybridized carbons (Fsp3) is 0.125. The Labute approximate surface area is 179 Å². The van der Waals surface area contributed by atoms with Gasteiger partial charge in [0.1, 0.15) is 5.69 Å². The number of rotatable bonds is 7. The number of aryl methyl sites for hydroxylation is 1. The molecule has 0 aliphatic heterocycles. The van der Waals surface area contributed by atoms with Crippen LogP contribution in [0.1, 0.15) is 33.3 Å². The zero-order valence-corrected chi connectivity index (χ0v) is 17.5. The molecule has 30 heavy (non-hydrogen) atoms. The Morgan fingerprint density at radius 2 is 1.87 bits per heavy atom. The van der Waals surface area contributed by atoms with Gasteiger partial charge in [0.05, 0.1) is 18.3 Å². The maximum atomic E-state index is 12.3. The van der Waals surface area contributed by atoms with E-state index in [1.54, 1.807) is 17.6 Å². The largest absolute Gasteiger partial charge is 0.272 e. The Hall–Kier alpha value is -3.51. The maximum Gasteiger partial charge on any atom is 0.272 e. The number of hydrogen-bond donors (Lipinski definition) is 1. The number of hydrazone groups is 1. The van der Waals surface area contributed by atoms with Gasteiger partial charge >= 0.3 is 0 Å².